The van der Waals surface area contributed by atoms with Crippen LogP contribution in [-0.4, -0.2) is 20.6 Å². The highest BCUT2D eigenvalue weighted by Crippen LogP contribution is 2.36. The van der Waals surface area contributed by atoms with Crippen LogP contribution in [0.5, 0.6) is 11.5 Å². The second-order valence-electron chi connectivity index (χ2n) is 7.35. The number of nitro groups is 1. The molecule has 8 nitrogen and oxygen atoms in total. The van der Waals surface area contributed by atoms with Gasteiger partial charge in [0.1, 0.15) is 17.3 Å². The molecule has 0 spiro atoms. The third-order valence-corrected chi connectivity index (χ3v) is 6.15. The number of anilines is 1. The number of nitrogens with zero attached hydrogens (tertiary/aromatic N) is 3. The third kappa shape index (κ3) is 4.31. The summed E-state index contributed by atoms with van der Waals surface area (Å²) in [4.78, 5) is 23.3. The lowest BCUT2D eigenvalue weighted by Gasteiger charge is -2.12. The number of rotatable bonds is 6. The van der Waals surface area contributed by atoms with Crippen LogP contribution in [0.4, 0.5) is 11.5 Å². The predicted molar refractivity (Wildman–Crippen MR) is 126 cm³/mol. The highest BCUT2D eigenvalue weighted by Gasteiger charge is 2.25. The first-order chi connectivity index (χ1) is 16.1. The first-order valence-corrected chi connectivity index (χ1v) is 11.3. The Bertz CT molecular complexity index is 1320. The number of thioether (sulfide) groups is 1. The highest BCUT2D eigenvalue weighted by atomic mass is 32.2. The van der Waals surface area contributed by atoms with E-state index in [1.807, 2.05) is 54.6 Å². The van der Waals surface area contributed by atoms with Gasteiger partial charge < -0.3 is 10.1 Å². The molecule has 4 aromatic rings. The van der Waals surface area contributed by atoms with Gasteiger partial charge in [-0.05, 0) is 48.5 Å². The van der Waals surface area contributed by atoms with Gasteiger partial charge in [-0.3, -0.25) is 14.9 Å². The van der Waals surface area contributed by atoms with E-state index in [4.69, 9.17) is 9.84 Å². The van der Waals surface area contributed by atoms with Gasteiger partial charge in [-0.2, -0.15) is 16.9 Å². The molecule has 1 N–H and O–H groups in total. The molecule has 2 heterocycles. The van der Waals surface area contributed by atoms with Gasteiger partial charge >= 0.3 is 0 Å². The summed E-state index contributed by atoms with van der Waals surface area (Å²) in [6, 6.07) is 22.5. The Morgan fingerprint density at radius 2 is 1.67 bits per heavy atom. The Kier molecular flexibility index (Phi) is 5.54. The van der Waals surface area contributed by atoms with Crippen LogP contribution in [0.1, 0.15) is 21.6 Å². The second kappa shape index (κ2) is 8.79. The van der Waals surface area contributed by atoms with E-state index in [0.717, 1.165) is 34.2 Å². The Balaban J connectivity index is 1.41. The topological polar surface area (TPSA) is 99.3 Å². The van der Waals surface area contributed by atoms with Gasteiger partial charge in [0.2, 0.25) is 0 Å². The summed E-state index contributed by atoms with van der Waals surface area (Å²) in [6.45, 7) is 0. The molecule has 0 aliphatic carbocycles. The monoisotopic (exact) mass is 458 g/mol. The summed E-state index contributed by atoms with van der Waals surface area (Å²) in [5, 5.41) is 18.5. The van der Waals surface area contributed by atoms with E-state index in [-0.39, 0.29) is 11.6 Å². The number of amides is 1. The summed E-state index contributed by atoms with van der Waals surface area (Å²) in [5.41, 5.74) is 2.98. The number of para-hydroxylation sites is 1. The smallest absolute Gasteiger partial charge is 0.269 e. The number of aromatic nitrogens is 2. The molecule has 0 fully saturated rings. The maximum atomic E-state index is 12.9. The molecule has 0 atom stereocenters. The van der Waals surface area contributed by atoms with Crippen molar-refractivity contribution in [1.29, 1.82) is 0 Å². The number of carbonyl (C=O) groups excluding carboxylic acids is 1. The first-order valence-electron chi connectivity index (χ1n) is 10.2. The number of benzene rings is 3. The predicted octanol–water partition coefficient (Wildman–Crippen LogP) is 5.57. The molecule has 9 heteroatoms. The van der Waals surface area contributed by atoms with E-state index < -0.39 is 4.92 Å². The van der Waals surface area contributed by atoms with Gasteiger partial charge in [-0.1, -0.05) is 18.2 Å². The van der Waals surface area contributed by atoms with Crippen molar-refractivity contribution in [3.63, 3.8) is 0 Å². The van der Waals surface area contributed by atoms with Crippen LogP contribution in [0, 0.1) is 10.1 Å². The summed E-state index contributed by atoms with van der Waals surface area (Å²) in [5.74, 6) is 3.22. The van der Waals surface area contributed by atoms with Crippen molar-refractivity contribution in [3.8, 4) is 17.2 Å². The SMILES string of the molecule is O=C(Nc1c2c(nn1-c1ccc(Oc3ccccc3)cc1)CSC2)c1ccc([N+](=O)[O-])cc1. The zero-order valence-corrected chi connectivity index (χ0v) is 18.1. The largest absolute Gasteiger partial charge is 0.457 e. The number of non-ortho nitro benzene ring substituents is 1. The lowest BCUT2D eigenvalue weighted by Crippen LogP contribution is -2.16. The minimum absolute atomic E-state index is 0.0632. The van der Waals surface area contributed by atoms with Gasteiger partial charge in [-0.25, -0.2) is 4.68 Å². The number of fused-ring (bicyclic) bond motifs is 1. The molecule has 0 saturated carbocycles. The molecule has 1 aliphatic heterocycles. The summed E-state index contributed by atoms with van der Waals surface area (Å²) >= 11 is 1.74. The van der Waals surface area contributed by atoms with Crippen molar-refractivity contribution < 1.29 is 14.5 Å². The van der Waals surface area contributed by atoms with Gasteiger partial charge in [0.25, 0.3) is 11.6 Å². The molecule has 33 heavy (non-hydrogen) atoms. The van der Waals surface area contributed by atoms with Crippen LogP contribution < -0.4 is 10.1 Å². The van der Waals surface area contributed by atoms with Crippen molar-refractivity contribution in [2.45, 2.75) is 11.5 Å². The van der Waals surface area contributed by atoms with E-state index in [1.54, 1.807) is 16.4 Å². The molecule has 0 saturated heterocycles. The Morgan fingerprint density at radius 1 is 0.970 bits per heavy atom. The first kappa shape index (κ1) is 20.8. The highest BCUT2D eigenvalue weighted by molar-refractivity contribution is 7.98. The van der Waals surface area contributed by atoms with E-state index >= 15 is 0 Å². The van der Waals surface area contributed by atoms with Gasteiger partial charge in [0, 0.05) is 34.8 Å². The van der Waals surface area contributed by atoms with E-state index in [2.05, 4.69) is 5.32 Å². The van der Waals surface area contributed by atoms with Crippen molar-refractivity contribution in [3.05, 3.63) is 106 Å². The summed E-state index contributed by atoms with van der Waals surface area (Å²) in [7, 11) is 0. The molecule has 5 rings (SSSR count). The average Bonchev–Trinajstić information content (AvgIpc) is 3.43. The molecule has 1 amide bonds. The number of nitrogens with one attached hydrogen (secondary N) is 1. The van der Waals surface area contributed by atoms with Crippen molar-refractivity contribution in [2.24, 2.45) is 0 Å². The molecular weight excluding hydrogens is 440 g/mol. The van der Waals surface area contributed by atoms with Crippen molar-refractivity contribution >= 4 is 29.2 Å². The molecule has 164 valence electrons. The molecule has 0 unspecified atom stereocenters. The number of hydrogen-bond acceptors (Lipinski definition) is 6. The zero-order chi connectivity index (χ0) is 22.8. The van der Waals surface area contributed by atoms with Gasteiger partial charge in [0.05, 0.1) is 16.3 Å². The molecule has 3 aromatic carbocycles. The fourth-order valence-electron chi connectivity index (χ4n) is 3.52. The maximum absolute atomic E-state index is 12.9. The molecule has 1 aliphatic rings. The quantitative estimate of drug-likeness (QED) is 0.299. The Labute approximate surface area is 193 Å². The Morgan fingerprint density at radius 3 is 2.36 bits per heavy atom. The van der Waals surface area contributed by atoms with Gasteiger partial charge in [-0.15, -0.1) is 0 Å². The van der Waals surface area contributed by atoms with Crippen LogP contribution in [0.15, 0.2) is 78.9 Å². The lowest BCUT2D eigenvalue weighted by atomic mass is 10.2. The summed E-state index contributed by atoms with van der Waals surface area (Å²) < 4.78 is 7.58. The van der Waals surface area contributed by atoms with Crippen LogP contribution in [0.2, 0.25) is 0 Å². The van der Waals surface area contributed by atoms with Crippen molar-refractivity contribution in [1.82, 2.24) is 9.78 Å². The maximum Gasteiger partial charge on any atom is 0.269 e. The fraction of sp³-hybridized carbons (Fsp3) is 0.0833. The normalized spacial score (nSPS) is 12.2. The van der Waals surface area contributed by atoms with Crippen LogP contribution in [-0.2, 0) is 11.5 Å². The minimum atomic E-state index is -0.494. The second-order valence-corrected chi connectivity index (χ2v) is 8.33. The number of hydrogen-bond donors (Lipinski definition) is 1. The molecule has 1 aromatic heterocycles. The molecule has 0 radical (unpaired) electrons. The third-order valence-electron chi connectivity index (χ3n) is 5.18. The van der Waals surface area contributed by atoms with E-state index in [0.29, 0.717) is 17.1 Å². The number of carbonyl (C=O) groups is 1. The van der Waals surface area contributed by atoms with Gasteiger partial charge in [0.15, 0.2) is 0 Å². The standard InChI is InChI=1S/C24H18N4O4S/c29-24(16-6-8-18(9-7-16)28(30)31)25-23-21-14-33-15-22(21)26-27(23)17-10-12-20(13-11-17)32-19-4-2-1-3-5-19/h1-13H,14-15H2,(H,25,29). The average molecular weight is 458 g/mol. The van der Waals surface area contributed by atoms with Crippen LogP contribution >= 0.6 is 11.8 Å². The molecule has 0 bridgehead atoms. The van der Waals surface area contributed by atoms with E-state index in [9.17, 15) is 14.9 Å². The molecular formula is C24H18N4O4S. The van der Waals surface area contributed by atoms with E-state index in [1.165, 1.54) is 24.3 Å². The van der Waals surface area contributed by atoms with Crippen molar-refractivity contribution in [2.75, 3.05) is 5.32 Å². The fourth-order valence-corrected chi connectivity index (χ4v) is 4.56. The number of nitro benzene ring substituents is 1. The lowest BCUT2D eigenvalue weighted by molar-refractivity contribution is -0.384. The van der Waals surface area contributed by atoms with Crippen LogP contribution in [0.25, 0.3) is 5.69 Å². The number of ether oxygens (including phenoxy) is 1. The Hall–Kier alpha value is -4.11. The van der Waals surface area contributed by atoms with Crippen LogP contribution in [0.3, 0.4) is 0 Å². The minimum Gasteiger partial charge on any atom is -0.457 e. The zero-order valence-electron chi connectivity index (χ0n) is 17.3. The summed E-state index contributed by atoms with van der Waals surface area (Å²) in [6.07, 6.45) is 0.